The van der Waals surface area contributed by atoms with Gasteiger partial charge >= 0.3 is 0 Å². The summed E-state index contributed by atoms with van der Waals surface area (Å²) in [6, 6.07) is 10.0. The fraction of sp³-hybridized carbons (Fsp3) is 0.579. The Kier molecular flexibility index (Phi) is 6.37. The number of likely N-dealkylation sites (tertiary alicyclic amines) is 1. The number of rotatable bonds is 7. The van der Waals surface area contributed by atoms with Gasteiger partial charge in [-0.25, -0.2) is 0 Å². The first-order valence-corrected chi connectivity index (χ1v) is 8.68. The van der Waals surface area contributed by atoms with Crippen LogP contribution in [-0.2, 0) is 9.59 Å². The Morgan fingerprint density at radius 1 is 1.29 bits per heavy atom. The largest absolute Gasteiger partial charge is 0.393 e. The molecule has 2 rings (SSSR count). The van der Waals surface area contributed by atoms with Gasteiger partial charge in [-0.15, -0.1) is 0 Å². The molecule has 1 aromatic rings. The van der Waals surface area contributed by atoms with E-state index in [0.717, 1.165) is 5.56 Å². The van der Waals surface area contributed by atoms with Gasteiger partial charge in [-0.2, -0.15) is 0 Å². The molecule has 5 nitrogen and oxygen atoms in total. The van der Waals surface area contributed by atoms with Crippen LogP contribution in [0.5, 0.6) is 0 Å². The molecule has 2 N–H and O–H groups in total. The van der Waals surface area contributed by atoms with E-state index in [-0.39, 0.29) is 36.1 Å². The molecule has 1 aliphatic heterocycles. The van der Waals surface area contributed by atoms with Crippen LogP contribution in [0.3, 0.4) is 0 Å². The normalized spacial score (nSPS) is 20.3. The molecular formula is C19H28N2O3. The third-order valence-electron chi connectivity index (χ3n) is 4.57. The van der Waals surface area contributed by atoms with E-state index in [4.69, 9.17) is 0 Å². The third kappa shape index (κ3) is 4.81. The van der Waals surface area contributed by atoms with Gasteiger partial charge in [0, 0.05) is 31.5 Å². The van der Waals surface area contributed by atoms with Crippen molar-refractivity contribution >= 4 is 11.8 Å². The summed E-state index contributed by atoms with van der Waals surface area (Å²) in [7, 11) is 0. The Bertz CT molecular complexity index is 557. The zero-order valence-corrected chi connectivity index (χ0v) is 14.7. The Morgan fingerprint density at radius 3 is 2.50 bits per heavy atom. The maximum atomic E-state index is 12.4. The van der Waals surface area contributed by atoms with Gasteiger partial charge in [0.2, 0.25) is 11.8 Å². The van der Waals surface area contributed by atoms with Gasteiger partial charge in [0.1, 0.15) is 0 Å². The van der Waals surface area contributed by atoms with Crippen LogP contribution in [0.4, 0.5) is 0 Å². The van der Waals surface area contributed by atoms with Crippen molar-refractivity contribution in [2.45, 2.75) is 51.7 Å². The number of amides is 2. The lowest BCUT2D eigenvalue weighted by Gasteiger charge is -2.22. The van der Waals surface area contributed by atoms with Crippen LogP contribution in [0.1, 0.15) is 45.1 Å². The molecular weight excluding hydrogens is 304 g/mol. The molecule has 24 heavy (non-hydrogen) atoms. The van der Waals surface area contributed by atoms with Crippen LogP contribution in [0.25, 0.3) is 0 Å². The van der Waals surface area contributed by atoms with Crippen molar-refractivity contribution in [3.63, 3.8) is 0 Å². The second-order valence-electron chi connectivity index (χ2n) is 6.98. The molecule has 0 radical (unpaired) electrons. The molecule has 0 aromatic heterocycles. The van der Waals surface area contributed by atoms with Gasteiger partial charge < -0.3 is 15.3 Å². The van der Waals surface area contributed by atoms with Crippen LogP contribution in [0, 0.1) is 5.92 Å². The Hall–Kier alpha value is -1.88. The minimum Gasteiger partial charge on any atom is -0.393 e. The molecule has 1 saturated heterocycles. The first-order chi connectivity index (χ1) is 11.4. The summed E-state index contributed by atoms with van der Waals surface area (Å²) in [6.45, 7) is 6.65. The zero-order valence-electron chi connectivity index (χ0n) is 14.7. The molecule has 0 spiro atoms. The van der Waals surface area contributed by atoms with Crippen molar-refractivity contribution in [1.29, 1.82) is 0 Å². The Balaban J connectivity index is 1.94. The lowest BCUT2D eigenvalue weighted by atomic mass is 9.93. The van der Waals surface area contributed by atoms with Crippen LogP contribution in [-0.4, -0.2) is 47.1 Å². The highest BCUT2D eigenvalue weighted by atomic mass is 16.3. The minimum atomic E-state index is -0.434. The highest BCUT2D eigenvalue weighted by Crippen LogP contribution is 2.23. The summed E-state index contributed by atoms with van der Waals surface area (Å²) in [5.41, 5.74) is 1.10. The number of nitrogens with zero attached hydrogens (tertiary/aromatic N) is 1. The second-order valence-corrected chi connectivity index (χ2v) is 6.98. The molecule has 2 amide bonds. The van der Waals surface area contributed by atoms with Crippen LogP contribution < -0.4 is 5.32 Å². The van der Waals surface area contributed by atoms with Gasteiger partial charge in [-0.1, -0.05) is 30.3 Å². The number of benzene rings is 1. The maximum Gasteiger partial charge on any atom is 0.225 e. The fourth-order valence-corrected chi connectivity index (χ4v) is 3.25. The van der Waals surface area contributed by atoms with Crippen LogP contribution >= 0.6 is 0 Å². The van der Waals surface area contributed by atoms with E-state index in [2.05, 4.69) is 5.32 Å². The smallest absolute Gasteiger partial charge is 0.225 e. The monoisotopic (exact) mass is 332 g/mol. The van der Waals surface area contributed by atoms with Crippen molar-refractivity contribution in [1.82, 2.24) is 10.2 Å². The highest BCUT2D eigenvalue weighted by Gasteiger charge is 2.35. The minimum absolute atomic E-state index is 0.0498. The number of carbonyl (C=O) groups is 2. The number of hydrogen-bond acceptors (Lipinski definition) is 3. The van der Waals surface area contributed by atoms with Gasteiger partial charge in [-0.3, -0.25) is 9.59 Å². The molecule has 1 heterocycles. The van der Waals surface area contributed by atoms with E-state index in [0.29, 0.717) is 19.5 Å². The number of carbonyl (C=O) groups excluding carboxylic acids is 2. The molecule has 0 aliphatic carbocycles. The number of hydrogen-bond donors (Lipinski definition) is 2. The van der Waals surface area contributed by atoms with Crippen molar-refractivity contribution in [2.75, 3.05) is 13.1 Å². The van der Waals surface area contributed by atoms with E-state index in [1.54, 1.807) is 11.8 Å². The van der Waals surface area contributed by atoms with E-state index >= 15 is 0 Å². The van der Waals surface area contributed by atoms with Crippen molar-refractivity contribution in [2.24, 2.45) is 5.92 Å². The average molecular weight is 332 g/mol. The molecule has 132 valence electrons. The van der Waals surface area contributed by atoms with Gasteiger partial charge in [0.15, 0.2) is 0 Å². The molecule has 0 saturated carbocycles. The summed E-state index contributed by atoms with van der Waals surface area (Å²) >= 11 is 0. The maximum absolute atomic E-state index is 12.4. The van der Waals surface area contributed by atoms with Crippen molar-refractivity contribution < 1.29 is 14.7 Å². The van der Waals surface area contributed by atoms with Crippen molar-refractivity contribution in [3.8, 4) is 0 Å². The van der Waals surface area contributed by atoms with E-state index in [9.17, 15) is 14.7 Å². The standard InChI is InChI=1S/C19H28N2O3/c1-13(2)21-12-17(10-18(21)23)19(24)20-11-16(9-14(3)22)15-7-5-4-6-8-15/h4-8,13-14,16-17,22H,9-12H2,1-3H3,(H,20,24). The predicted octanol–water partition coefficient (Wildman–Crippen LogP) is 1.91. The van der Waals surface area contributed by atoms with E-state index < -0.39 is 6.10 Å². The van der Waals surface area contributed by atoms with Crippen molar-refractivity contribution in [3.05, 3.63) is 35.9 Å². The number of aliphatic hydroxyl groups is 1. The third-order valence-corrected chi connectivity index (χ3v) is 4.57. The average Bonchev–Trinajstić information content (AvgIpc) is 2.94. The molecule has 3 unspecified atom stereocenters. The SMILES string of the molecule is CC(O)CC(CNC(=O)C1CC(=O)N(C(C)C)C1)c1ccccc1. The summed E-state index contributed by atoms with van der Waals surface area (Å²) < 4.78 is 0. The summed E-state index contributed by atoms with van der Waals surface area (Å²) in [4.78, 5) is 26.1. The lowest BCUT2D eigenvalue weighted by molar-refractivity contribution is -0.129. The number of aliphatic hydroxyl groups excluding tert-OH is 1. The molecule has 1 aromatic carbocycles. The first kappa shape index (κ1) is 18.5. The van der Waals surface area contributed by atoms with Gasteiger partial charge in [-0.05, 0) is 32.8 Å². The molecule has 5 heteroatoms. The topological polar surface area (TPSA) is 69.6 Å². The predicted molar refractivity (Wildman–Crippen MR) is 93.4 cm³/mol. The molecule has 0 bridgehead atoms. The second kappa shape index (κ2) is 8.29. The highest BCUT2D eigenvalue weighted by molar-refractivity contribution is 5.89. The summed E-state index contributed by atoms with van der Waals surface area (Å²) in [5, 5.41) is 12.7. The summed E-state index contributed by atoms with van der Waals surface area (Å²) in [5.74, 6) is -0.233. The first-order valence-electron chi connectivity index (χ1n) is 8.68. The molecule has 3 atom stereocenters. The quantitative estimate of drug-likeness (QED) is 0.801. The Labute approximate surface area is 144 Å². The number of nitrogens with one attached hydrogen (secondary N) is 1. The molecule has 1 fully saturated rings. The zero-order chi connectivity index (χ0) is 17.7. The van der Waals surface area contributed by atoms with Crippen LogP contribution in [0.2, 0.25) is 0 Å². The van der Waals surface area contributed by atoms with E-state index in [1.165, 1.54) is 0 Å². The summed E-state index contributed by atoms with van der Waals surface area (Å²) in [6.07, 6.45) is 0.444. The van der Waals surface area contributed by atoms with Gasteiger partial charge in [0.25, 0.3) is 0 Å². The van der Waals surface area contributed by atoms with Gasteiger partial charge in [0.05, 0.1) is 12.0 Å². The van der Waals surface area contributed by atoms with E-state index in [1.807, 2.05) is 44.2 Å². The fourth-order valence-electron chi connectivity index (χ4n) is 3.25. The molecule has 1 aliphatic rings. The lowest BCUT2D eigenvalue weighted by Crippen LogP contribution is -2.37. The van der Waals surface area contributed by atoms with Crippen LogP contribution in [0.15, 0.2) is 30.3 Å². The Morgan fingerprint density at radius 2 is 1.96 bits per heavy atom.